The van der Waals surface area contributed by atoms with Gasteiger partial charge in [0.05, 0.1) is 6.61 Å². The molecule has 0 aromatic heterocycles. The Hall–Kier alpha value is -0.120. The van der Waals surface area contributed by atoms with Crippen LogP contribution in [0.5, 0.6) is 0 Å². The van der Waals surface area contributed by atoms with Gasteiger partial charge in [-0.15, -0.1) is 0 Å². The molecule has 0 aromatic rings. The molecule has 3 nitrogen and oxygen atoms in total. The van der Waals surface area contributed by atoms with Gasteiger partial charge in [0.25, 0.3) is 0 Å². The molecule has 0 amide bonds. The van der Waals surface area contributed by atoms with E-state index in [1.807, 2.05) is 0 Å². The van der Waals surface area contributed by atoms with Crippen LogP contribution in [-0.2, 0) is 0 Å². The standard InChI is InChI=1S/C8H18N2O/c1-7-2-3-8(9)6-10(7)4-5-11/h7-8,11H,2-6,9H2,1H3. The molecule has 0 saturated carbocycles. The van der Waals surface area contributed by atoms with Gasteiger partial charge < -0.3 is 10.8 Å². The molecule has 1 aliphatic heterocycles. The maximum atomic E-state index is 8.74. The third-order valence-electron chi connectivity index (χ3n) is 2.43. The van der Waals surface area contributed by atoms with Crippen LogP contribution in [0.1, 0.15) is 19.8 Å². The number of nitrogens with two attached hydrogens (primary N) is 1. The van der Waals surface area contributed by atoms with Crippen molar-refractivity contribution in [1.82, 2.24) is 4.90 Å². The van der Waals surface area contributed by atoms with Crippen LogP contribution in [0.2, 0.25) is 0 Å². The highest BCUT2D eigenvalue weighted by Gasteiger charge is 2.21. The van der Waals surface area contributed by atoms with E-state index in [1.165, 1.54) is 6.42 Å². The number of hydrogen-bond donors (Lipinski definition) is 2. The van der Waals surface area contributed by atoms with Gasteiger partial charge in [-0.25, -0.2) is 0 Å². The molecule has 1 fully saturated rings. The molecule has 1 aliphatic rings. The van der Waals surface area contributed by atoms with Gasteiger partial charge in [-0.05, 0) is 19.8 Å². The summed E-state index contributed by atoms with van der Waals surface area (Å²) in [5, 5.41) is 8.74. The molecule has 0 aliphatic carbocycles. The second-order valence-corrected chi connectivity index (χ2v) is 3.40. The summed E-state index contributed by atoms with van der Waals surface area (Å²) in [6.45, 7) is 4.16. The van der Waals surface area contributed by atoms with Crippen LogP contribution in [0.15, 0.2) is 0 Å². The number of nitrogens with zero attached hydrogens (tertiary/aromatic N) is 1. The van der Waals surface area contributed by atoms with Crippen molar-refractivity contribution < 1.29 is 5.11 Å². The quantitative estimate of drug-likeness (QED) is 0.584. The second-order valence-electron chi connectivity index (χ2n) is 3.40. The van der Waals surface area contributed by atoms with E-state index in [9.17, 15) is 0 Å². The van der Waals surface area contributed by atoms with Gasteiger partial charge in [0, 0.05) is 25.2 Å². The van der Waals surface area contributed by atoms with Gasteiger partial charge in [-0.3, -0.25) is 4.90 Å². The smallest absolute Gasteiger partial charge is 0.0558 e. The maximum Gasteiger partial charge on any atom is 0.0558 e. The summed E-state index contributed by atoms with van der Waals surface area (Å²) in [4.78, 5) is 2.26. The van der Waals surface area contributed by atoms with Crippen molar-refractivity contribution in [3.8, 4) is 0 Å². The molecule has 66 valence electrons. The molecular formula is C8H18N2O. The fourth-order valence-electron chi connectivity index (χ4n) is 1.65. The summed E-state index contributed by atoms with van der Waals surface area (Å²) < 4.78 is 0. The monoisotopic (exact) mass is 158 g/mol. The van der Waals surface area contributed by atoms with E-state index in [2.05, 4.69) is 11.8 Å². The summed E-state index contributed by atoms with van der Waals surface area (Å²) in [5.74, 6) is 0. The zero-order chi connectivity index (χ0) is 8.27. The van der Waals surface area contributed by atoms with Crippen LogP contribution in [0.4, 0.5) is 0 Å². The van der Waals surface area contributed by atoms with E-state index in [0.29, 0.717) is 12.1 Å². The lowest BCUT2D eigenvalue weighted by Crippen LogP contribution is -2.48. The Bertz CT molecular complexity index is 119. The lowest BCUT2D eigenvalue weighted by Gasteiger charge is -2.35. The Kier molecular flexibility index (Phi) is 3.30. The van der Waals surface area contributed by atoms with Crippen LogP contribution < -0.4 is 5.73 Å². The van der Waals surface area contributed by atoms with Gasteiger partial charge in [-0.2, -0.15) is 0 Å². The van der Waals surface area contributed by atoms with Gasteiger partial charge in [0.1, 0.15) is 0 Å². The minimum atomic E-state index is 0.247. The Labute approximate surface area is 68.2 Å². The Morgan fingerprint density at radius 2 is 2.27 bits per heavy atom. The molecule has 0 aromatic carbocycles. The van der Waals surface area contributed by atoms with Crippen molar-refractivity contribution in [2.24, 2.45) is 5.73 Å². The van der Waals surface area contributed by atoms with E-state index in [0.717, 1.165) is 19.5 Å². The highest BCUT2D eigenvalue weighted by atomic mass is 16.3. The van der Waals surface area contributed by atoms with Gasteiger partial charge >= 0.3 is 0 Å². The molecule has 1 saturated heterocycles. The lowest BCUT2D eigenvalue weighted by atomic mass is 10.0. The van der Waals surface area contributed by atoms with Crippen molar-refractivity contribution in [2.45, 2.75) is 31.8 Å². The molecule has 3 N–H and O–H groups in total. The zero-order valence-corrected chi connectivity index (χ0v) is 7.16. The highest BCUT2D eigenvalue weighted by Crippen LogP contribution is 2.14. The molecule has 2 atom stereocenters. The van der Waals surface area contributed by atoms with Gasteiger partial charge in [0.15, 0.2) is 0 Å². The number of likely N-dealkylation sites (tertiary alicyclic amines) is 1. The van der Waals surface area contributed by atoms with E-state index >= 15 is 0 Å². The summed E-state index contributed by atoms with van der Waals surface area (Å²) >= 11 is 0. The largest absolute Gasteiger partial charge is 0.395 e. The summed E-state index contributed by atoms with van der Waals surface area (Å²) in [6.07, 6.45) is 2.30. The van der Waals surface area contributed by atoms with Crippen LogP contribution >= 0.6 is 0 Å². The van der Waals surface area contributed by atoms with Crippen LogP contribution in [0.25, 0.3) is 0 Å². The SMILES string of the molecule is CC1CCC(N)CN1CCO. The number of piperidine rings is 1. The maximum absolute atomic E-state index is 8.74. The number of hydrogen-bond acceptors (Lipinski definition) is 3. The van der Waals surface area contributed by atoms with Gasteiger partial charge in [-0.1, -0.05) is 0 Å². The van der Waals surface area contributed by atoms with Crippen LogP contribution in [-0.4, -0.2) is 41.8 Å². The topological polar surface area (TPSA) is 49.5 Å². The molecule has 0 bridgehead atoms. The molecule has 2 unspecified atom stereocenters. The second kappa shape index (κ2) is 4.04. The predicted octanol–water partition coefficient (Wildman–Crippen LogP) is -0.210. The van der Waals surface area contributed by atoms with E-state index in [-0.39, 0.29) is 6.61 Å². The Morgan fingerprint density at radius 3 is 2.91 bits per heavy atom. The van der Waals surface area contributed by atoms with E-state index in [4.69, 9.17) is 10.8 Å². The highest BCUT2D eigenvalue weighted by molar-refractivity contribution is 4.80. The molecule has 11 heavy (non-hydrogen) atoms. The van der Waals surface area contributed by atoms with Crippen molar-refractivity contribution >= 4 is 0 Å². The Balaban J connectivity index is 2.34. The fourth-order valence-corrected chi connectivity index (χ4v) is 1.65. The Morgan fingerprint density at radius 1 is 1.55 bits per heavy atom. The first-order valence-electron chi connectivity index (χ1n) is 4.34. The molecule has 3 heteroatoms. The predicted molar refractivity (Wildman–Crippen MR) is 45.3 cm³/mol. The van der Waals surface area contributed by atoms with E-state index in [1.54, 1.807) is 0 Å². The van der Waals surface area contributed by atoms with E-state index < -0.39 is 0 Å². The average Bonchev–Trinajstić information content (AvgIpc) is 1.98. The van der Waals surface area contributed by atoms with Crippen LogP contribution in [0, 0.1) is 0 Å². The molecular weight excluding hydrogens is 140 g/mol. The minimum absolute atomic E-state index is 0.247. The minimum Gasteiger partial charge on any atom is -0.395 e. The molecule has 0 spiro atoms. The van der Waals surface area contributed by atoms with Crippen LogP contribution in [0.3, 0.4) is 0 Å². The zero-order valence-electron chi connectivity index (χ0n) is 7.16. The number of rotatable bonds is 2. The first-order valence-corrected chi connectivity index (χ1v) is 4.34. The summed E-state index contributed by atoms with van der Waals surface area (Å²) in [6, 6.07) is 0.916. The van der Waals surface area contributed by atoms with Crippen molar-refractivity contribution in [3.05, 3.63) is 0 Å². The number of β-amino-alcohol motifs (C(OH)–C–C–N with tert-alkyl or cyclic N) is 1. The molecule has 1 heterocycles. The first kappa shape index (κ1) is 8.97. The fraction of sp³-hybridized carbons (Fsp3) is 1.00. The lowest BCUT2D eigenvalue weighted by molar-refractivity contribution is 0.116. The third-order valence-corrected chi connectivity index (χ3v) is 2.43. The molecule has 0 radical (unpaired) electrons. The van der Waals surface area contributed by atoms with Crippen molar-refractivity contribution in [1.29, 1.82) is 0 Å². The third kappa shape index (κ3) is 2.43. The van der Waals surface area contributed by atoms with Gasteiger partial charge in [0.2, 0.25) is 0 Å². The van der Waals surface area contributed by atoms with Crippen molar-refractivity contribution in [3.63, 3.8) is 0 Å². The number of aliphatic hydroxyl groups excluding tert-OH is 1. The normalized spacial score (nSPS) is 34.1. The first-order chi connectivity index (χ1) is 5.24. The average molecular weight is 158 g/mol. The summed E-state index contributed by atoms with van der Waals surface area (Å²) in [5.41, 5.74) is 5.79. The number of aliphatic hydroxyl groups is 1. The summed E-state index contributed by atoms with van der Waals surface area (Å²) in [7, 11) is 0. The van der Waals surface area contributed by atoms with Crippen molar-refractivity contribution in [2.75, 3.05) is 19.7 Å². The molecule has 1 rings (SSSR count).